The number of benzene rings is 3. The Kier molecular flexibility index (Phi) is 5.07. The van der Waals surface area contributed by atoms with Crippen LogP contribution in [-0.2, 0) is 11.3 Å². The van der Waals surface area contributed by atoms with E-state index in [1.807, 2.05) is 42.5 Å². The predicted molar refractivity (Wildman–Crippen MR) is 113 cm³/mol. The summed E-state index contributed by atoms with van der Waals surface area (Å²) in [6.07, 6.45) is 0. The van der Waals surface area contributed by atoms with Crippen molar-refractivity contribution in [2.75, 3.05) is 12.4 Å². The van der Waals surface area contributed by atoms with E-state index in [0.717, 1.165) is 16.3 Å². The summed E-state index contributed by atoms with van der Waals surface area (Å²) in [5, 5.41) is 9.31. The third-order valence-corrected chi connectivity index (χ3v) is 4.60. The molecule has 0 radical (unpaired) electrons. The van der Waals surface area contributed by atoms with Gasteiger partial charge < -0.3 is 10.1 Å². The van der Waals surface area contributed by atoms with E-state index in [4.69, 9.17) is 4.74 Å². The number of amides is 1. The number of methoxy groups -OCH3 is 1. The first-order chi connectivity index (χ1) is 14.1. The molecule has 0 aliphatic heterocycles. The van der Waals surface area contributed by atoms with Crippen LogP contribution in [0.4, 0.5) is 5.69 Å². The van der Waals surface area contributed by atoms with Gasteiger partial charge in [0.2, 0.25) is 5.91 Å². The second kappa shape index (κ2) is 7.98. The Morgan fingerprint density at radius 2 is 1.72 bits per heavy atom. The highest BCUT2D eigenvalue weighted by Crippen LogP contribution is 2.26. The maximum Gasteiger partial charge on any atom is 0.267 e. The number of ether oxygens (including phenoxy) is 1. The molecule has 0 fully saturated rings. The number of rotatable bonds is 5. The van der Waals surface area contributed by atoms with Crippen molar-refractivity contribution in [2.45, 2.75) is 6.54 Å². The van der Waals surface area contributed by atoms with Gasteiger partial charge in [0.15, 0.2) is 0 Å². The van der Waals surface area contributed by atoms with Crippen LogP contribution in [0.3, 0.4) is 0 Å². The van der Waals surface area contributed by atoms with Crippen LogP contribution in [0.1, 0.15) is 0 Å². The summed E-state index contributed by atoms with van der Waals surface area (Å²) in [6.45, 7) is -0.177. The number of aromatic nitrogens is 2. The molecule has 0 aliphatic rings. The van der Waals surface area contributed by atoms with Crippen molar-refractivity contribution in [2.24, 2.45) is 0 Å². The number of nitrogens with one attached hydrogen (secondary N) is 1. The van der Waals surface area contributed by atoms with Gasteiger partial charge in [0.25, 0.3) is 5.56 Å². The van der Waals surface area contributed by atoms with E-state index in [2.05, 4.69) is 10.4 Å². The van der Waals surface area contributed by atoms with Crippen molar-refractivity contribution in [3.8, 4) is 17.0 Å². The molecule has 1 amide bonds. The smallest absolute Gasteiger partial charge is 0.267 e. The Labute approximate surface area is 167 Å². The van der Waals surface area contributed by atoms with Crippen LogP contribution < -0.4 is 15.6 Å². The Morgan fingerprint density at radius 1 is 0.966 bits per heavy atom. The highest BCUT2D eigenvalue weighted by atomic mass is 16.5. The lowest BCUT2D eigenvalue weighted by atomic mass is 10.0. The third-order valence-electron chi connectivity index (χ3n) is 4.60. The van der Waals surface area contributed by atoms with Crippen molar-refractivity contribution in [3.05, 3.63) is 89.2 Å². The summed E-state index contributed by atoms with van der Waals surface area (Å²) < 4.78 is 6.28. The van der Waals surface area contributed by atoms with E-state index in [1.54, 1.807) is 37.4 Å². The zero-order chi connectivity index (χ0) is 20.2. The zero-order valence-electron chi connectivity index (χ0n) is 15.8. The quantitative estimate of drug-likeness (QED) is 0.568. The average Bonchev–Trinajstić information content (AvgIpc) is 2.75. The third kappa shape index (κ3) is 4.01. The van der Waals surface area contributed by atoms with Gasteiger partial charge in [-0.25, -0.2) is 4.68 Å². The number of hydrogen-bond acceptors (Lipinski definition) is 4. The molecule has 29 heavy (non-hydrogen) atoms. The fourth-order valence-corrected chi connectivity index (χ4v) is 3.17. The van der Waals surface area contributed by atoms with E-state index in [-0.39, 0.29) is 18.0 Å². The van der Waals surface area contributed by atoms with Gasteiger partial charge in [-0.2, -0.15) is 5.10 Å². The van der Waals surface area contributed by atoms with E-state index in [1.165, 1.54) is 10.7 Å². The minimum absolute atomic E-state index is 0.177. The van der Waals surface area contributed by atoms with Gasteiger partial charge in [0, 0.05) is 17.3 Å². The molecule has 0 spiro atoms. The number of nitrogens with zero attached hydrogens (tertiary/aromatic N) is 2. The van der Waals surface area contributed by atoms with Crippen molar-refractivity contribution in [1.29, 1.82) is 0 Å². The van der Waals surface area contributed by atoms with Crippen molar-refractivity contribution < 1.29 is 9.53 Å². The molecule has 1 heterocycles. The molecule has 1 N–H and O–H groups in total. The largest absolute Gasteiger partial charge is 0.497 e. The van der Waals surface area contributed by atoms with Crippen LogP contribution in [-0.4, -0.2) is 22.8 Å². The molecule has 0 saturated carbocycles. The lowest BCUT2D eigenvalue weighted by Gasteiger charge is -2.10. The fraction of sp³-hybridized carbons (Fsp3) is 0.0870. The highest BCUT2D eigenvalue weighted by molar-refractivity contribution is 5.95. The molecular formula is C23H19N3O3. The standard InChI is InChI=1S/C23H19N3O3/c1-29-18-11-9-17(10-12-18)24-22(27)15-26-23(28)14-13-21(25-26)20-8-4-6-16-5-2-3-7-19(16)20/h2-14H,15H2,1H3,(H,24,27). The second-order valence-corrected chi connectivity index (χ2v) is 6.52. The molecule has 4 aromatic rings. The minimum Gasteiger partial charge on any atom is -0.497 e. The Hall–Kier alpha value is -3.93. The molecule has 0 aliphatic carbocycles. The summed E-state index contributed by atoms with van der Waals surface area (Å²) in [7, 11) is 1.58. The first kappa shape index (κ1) is 18.4. The molecule has 6 heteroatoms. The topological polar surface area (TPSA) is 73.2 Å². The Morgan fingerprint density at radius 3 is 2.52 bits per heavy atom. The monoisotopic (exact) mass is 385 g/mol. The molecular weight excluding hydrogens is 366 g/mol. The summed E-state index contributed by atoms with van der Waals surface area (Å²) in [6, 6.07) is 24.0. The molecule has 3 aromatic carbocycles. The Bertz CT molecular complexity index is 1220. The van der Waals surface area contributed by atoms with Crippen LogP contribution in [0, 0.1) is 0 Å². The van der Waals surface area contributed by atoms with Crippen LogP contribution >= 0.6 is 0 Å². The van der Waals surface area contributed by atoms with Gasteiger partial charge in [0.1, 0.15) is 12.3 Å². The number of fused-ring (bicyclic) bond motifs is 1. The van der Waals surface area contributed by atoms with Gasteiger partial charge in [-0.15, -0.1) is 0 Å². The van der Waals surface area contributed by atoms with Crippen LogP contribution in [0.15, 0.2) is 83.7 Å². The normalized spacial score (nSPS) is 10.7. The lowest BCUT2D eigenvalue weighted by Crippen LogP contribution is -2.29. The highest BCUT2D eigenvalue weighted by Gasteiger charge is 2.10. The van der Waals surface area contributed by atoms with E-state index >= 15 is 0 Å². The molecule has 6 nitrogen and oxygen atoms in total. The molecule has 0 atom stereocenters. The van der Waals surface area contributed by atoms with Gasteiger partial charge >= 0.3 is 0 Å². The molecule has 0 unspecified atom stereocenters. The van der Waals surface area contributed by atoms with E-state index < -0.39 is 0 Å². The van der Waals surface area contributed by atoms with Crippen LogP contribution in [0.5, 0.6) is 5.75 Å². The molecule has 0 bridgehead atoms. The summed E-state index contributed by atoms with van der Waals surface area (Å²) in [5.41, 5.74) is 1.83. The number of carbonyl (C=O) groups excluding carboxylic acids is 1. The molecule has 1 aromatic heterocycles. The number of carbonyl (C=O) groups is 1. The van der Waals surface area contributed by atoms with E-state index in [0.29, 0.717) is 17.1 Å². The lowest BCUT2D eigenvalue weighted by molar-refractivity contribution is -0.117. The van der Waals surface area contributed by atoms with E-state index in [9.17, 15) is 9.59 Å². The molecule has 144 valence electrons. The zero-order valence-corrected chi connectivity index (χ0v) is 15.8. The summed E-state index contributed by atoms with van der Waals surface area (Å²) in [4.78, 5) is 24.6. The van der Waals surface area contributed by atoms with Gasteiger partial charge in [-0.3, -0.25) is 9.59 Å². The predicted octanol–water partition coefficient (Wildman–Crippen LogP) is 3.71. The van der Waals surface area contributed by atoms with Crippen LogP contribution in [0.25, 0.3) is 22.0 Å². The average molecular weight is 385 g/mol. The second-order valence-electron chi connectivity index (χ2n) is 6.52. The molecule has 0 saturated heterocycles. The van der Waals surface area contributed by atoms with Crippen molar-refractivity contribution in [3.63, 3.8) is 0 Å². The van der Waals surface area contributed by atoms with Crippen molar-refractivity contribution in [1.82, 2.24) is 9.78 Å². The molecule has 4 rings (SSSR count). The number of anilines is 1. The maximum atomic E-state index is 12.4. The fourth-order valence-electron chi connectivity index (χ4n) is 3.17. The minimum atomic E-state index is -0.334. The first-order valence-corrected chi connectivity index (χ1v) is 9.14. The van der Waals surface area contributed by atoms with Crippen LogP contribution in [0.2, 0.25) is 0 Å². The van der Waals surface area contributed by atoms with Crippen molar-refractivity contribution >= 4 is 22.4 Å². The summed E-state index contributed by atoms with van der Waals surface area (Å²) in [5.74, 6) is 0.364. The first-order valence-electron chi connectivity index (χ1n) is 9.14. The van der Waals surface area contributed by atoms with Gasteiger partial charge in [0.05, 0.1) is 12.8 Å². The maximum absolute atomic E-state index is 12.4. The summed E-state index contributed by atoms with van der Waals surface area (Å²) >= 11 is 0. The number of hydrogen-bond donors (Lipinski definition) is 1. The SMILES string of the molecule is COc1ccc(NC(=O)Cn2nc(-c3cccc4ccccc34)ccc2=O)cc1. The Balaban J connectivity index is 1.60. The van der Waals surface area contributed by atoms with Gasteiger partial charge in [-0.1, -0.05) is 42.5 Å². The van der Waals surface area contributed by atoms with Gasteiger partial charge in [-0.05, 0) is 41.1 Å².